The van der Waals surface area contributed by atoms with Crippen LogP contribution in [0, 0.1) is 0 Å². The topological polar surface area (TPSA) is 92.9 Å². The first-order valence-corrected chi connectivity index (χ1v) is 6.80. The maximum Gasteiger partial charge on any atom is 0.334 e. The van der Waals surface area contributed by atoms with Crippen molar-refractivity contribution in [2.75, 3.05) is 19.7 Å². The summed E-state index contributed by atoms with van der Waals surface area (Å²) in [7, 11) is 0. The van der Waals surface area contributed by atoms with Gasteiger partial charge in [-0.3, -0.25) is 4.79 Å². The molecule has 114 valence electrons. The highest BCUT2D eigenvalue weighted by molar-refractivity contribution is 5.93. The predicted octanol–water partition coefficient (Wildman–Crippen LogP) is 1.27. The van der Waals surface area contributed by atoms with Crippen LogP contribution in [0.25, 0.3) is 11.5 Å². The lowest BCUT2D eigenvalue weighted by atomic mass is 10.2. The molecule has 0 radical (unpaired) electrons. The summed E-state index contributed by atoms with van der Waals surface area (Å²) in [5, 5.41) is 8.96. The van der Waals surface area contributed by atoms with E-state index in [1.165, 1.54) is 11.2 Å². The fourth-order valence-electron chi connectivity index (χ4n) is 2.23. The van der Waals surface area contributed by atoms with E-state index in [2.05, 4.69) is 4.98 Å². The average Bonchev–Trinajstić information content (AvgIpc) is 3.05. The molecule has 7 heteroatoms. The summed E-state index contributed by atoms with van der Waals surface area (Å²) in [5.41, 5.74) is 0.928. The van der Waals surface area contributed by atoms with Crippen molar-refractivity contribution in [3.63, 3.8) is 0 Å². The second-order valence-electron chi connectivity index (χ2n) is 4.85. The van der Waals surface area contributed by atoms with E-state index in [0.717, 1.165) is 5.56 Å². The van der Waals surface area contributed by atoms with Crippen molar-refractivity contribution in [2.24, 2.45) is 0 Å². The van der Waals surface area contributed by atoms with Crippen LogP contribution in [0.5, 0.6) is 0 Å². The summed E-state index contributed by atoms with van der Waals surface area (Å²) < 4.78 is 10.4. The number of hydrogen-bond donors (Lipinski definition) is 1. The SMILES string of the molecule is O=C(O)[C@H]1CN(C(=O)c2coc(-c3ccccc3)n2)CCO1. The third-order valence-corrected chi connectivity index (χ3v) is 3.37. The molecule has 0 unspecified atom stereocenters. The fourth-order valence-corrected chi connectivity index (χ4v) is 2.23. The molecular weight excluding hydrogens is 288 g/mol. The van der Waals surface area contributed by atoms with E-state index in [-0.39, 0.29) is 24.8 Å². The van der Waals surface area contributed by atoms with E-state index in [1.54, 1.807) is 0 Å². The predicted molar refractivity (Wildman–Crippen MR) is 75.2 cm³/mol. The number of aliphatic carboxylic acids is 1. The molecule has 2 heterocycles. The van der Waals surface area contributed by atoms with Crippen molar-refractivity contribution in [2.45, 2.75) is 6.10 Å². The Hall–Kier alpha value is -2.67. The largest absolute Gasteiger partial charge is 0.479 e. The van der Waals surface area contributed by atoms with E-state index < -0.39 is 12.1 Å². The van der Waals surface area contributed by atoms with Crippen molar-refractivity contribution in [1.82, 2.24) is 9.88 Å². The van der Waals surface area contributed by atoms with Gasteiger partial charge < -0.3 is 19.2 Å². The van der Waals surface area contributed by atoms with Crippen molar-refractivity contribution < 1.29 is 23.8 Å². The molecule has 1 aliphatic heterocycles. The molecule has 1 atom stereocenters. The number of ether oxygens (including phenoxy) is 1. The minimum atomic E-state index is -1.08. The van der Waals surface area contributed by atoms with E-state index in [1.807, 2.05) is 30.3 Å². The summed E-state index contributed by atoms with van der Waals surface area (Å²) >= 11 is 0. The molecule has 1 saturated heterocycles. The van der Waals surface area contributed by atoms with Gasteiger partial charge in [0, 0.05) is 12.1 Å². The Morgan fingerprint density at radius 3 is 2.77 bits per heavy atom. The van der Waals surface area contributed by atoms with E-state index >= 15 is 0 Å². The standard InChI is InChI=1S/C15H14N2O5/c18-14(17-6-7-21-12(8-17)15(19)20)11-9-22-13(16-11)10-4-2-1-3-5-10/h1-5,9,12H,6-8H2,(H,19,20)/t12-/m1/s1. The van der Waals surface area contributed by atoms with Gasteiger partial charge in [0.2, 0.25) is 5.89 Å². The normalized spacial score (nSPS) is 18.2. The molecule has 2 aromatic rings. The zero-order valence-electron chi connectivity index (χ0n) is 11.6. The van der Waals surface area contributed by atoms with Gasteiger partial charge in [-0.25, -0.2) is 9.78 Å². The number of aromatic nitrogens is 1. The van der Waals surface area contributed by atoms with Gasteiger partial charge in [-0.1, -0.05) is 18.2 Å². The smallest absolute Gasteiger partial charge is 0.334 e. The van der Waals surface area contributed by atoms with Crippen LogP contribution in [0.4, 0.5) is 0 Å². The molecule has 22 heavy (non-hydrogen) atoms. The van der Waals surface area contributed by atoms with Gasteiger partial charge in [0.15, 0.2) is 11.8 Å². The molecule has 0 saturated carbocycles. The lowest BCUT2D eigenvalue weighted by Crippen LogP contribution is -2.48. The molecule has 1 aliphatic rings. The highest BCUT2D eigenvalue weighted by Crippen LogP contribution is 2.19. The highest BCUT2D eigenvalue weighted by Gasteiger charge is 2.30. The van der Waals surface area contributed by atoms with Crippen LogP contribution >= 0.6 is 0 Å². The van der Waals surface area contributed by atoms with Crippen molar-refractivity contribution in [3.05, 3.63) is 42.3 Å². The van der Waals surface area contributed by atoms with E-state index in [9.17, 15) is 9.59 Å². The van der Waals surface area contributed by atoms with Crippen molar-refractivity contribution in [3.8, 4) is 11.5 Å². The summed E-state index contributed by atoms with van der Waals surface area (Å²) in [6, 6.07) is 9.23. The molecule has 1 amide bonds. The number of morpholine rings is 1. The quantitative estimate of drug-likeness (QED) is 0.917. The molecular formula is C15H14N2O5. The lowest BCUT2D eigenvalue weighted by molar-refractivity contribution is -0.154. The van der Waals surface area contributed by atoms with Gasteiger partial charge in [0.1, 0.15) is 6.26 Å². The van der Waals surface area contributed by atoms with Gasteiger partial charge in [0.25, 0.3) is 5.91 Å². The number of oxazole rings is 1. The molecule has 1 fully saturated rings. The maximum absolute atomic E-state index is 12.4. The first kappa shape index (κ1) is 14.3. The Kier molecular flexibility index (Phi) is 3.88. The fraction of sp³-hybridized carbons (Fsp3) is 0.267. The monoisotopic (exact) mass is 302 g/mol. The number of hydrogen-bond acceptors (Lipinski definition) is 5. The number of rotatable bonds is 3. The average molecular weight is 302 g/mol. The number of amides is 1. The number of carboxylic acid groups (broad SMARTS) is 1. The van der Waals surface area contributed by atoms with Crippen LogP contribution in [0.15, 0.2) is 41.0 Å². The number of carbonyl (C=O) groups excluding carboxylic acids is 1. The van der Waals surface area contributed by atoms with Crippen LogP contribution in [0.2, 0.25) is 0 Å². The van der Waals surface area contributed by atoms with Crippen LogP contribution in [-0.2, 0) is 9.53 Å². The lowest BCUT2D eigenvalue weighted by Gasteiger charge is -2.30. The Labute approximate surface area is 126 Å². The van der Waals surface area contributed by atoms with Crippen molar-refractivity contribution >= 4 is 11.9 Å². The minimum Gasteiger partial charge on any atom is -0.479 e. The zero-order valence-corrected chi connectivity index (χ0v) is 11.6. The summed E-state index contributed by atoms with van der Waals surface area (Å²) in [4.78, 5) is 28.9. The zero-order chi connectivity index (χ0) is 15.5. The summed E-state index contributed by atoms with van der Waals surface area (Å²) in [5.74, 6) is -1.09. The second-order valence-corrected chi connectivity index (χ2v) is 4.85. The summed E-state index contributed by atoms with van der Waals surface area (Å²) in [6.07, 6.45) is 0.286. The number of carboxylic acids is 1. The Balaban J connectivity index is 1.76. The van der Waals surface area contributed by atoms with Gasteiger partial charge in [-0.15, -0.1) is 0 Å². The van der Waals surface area contributed by atoms with E-state index in [4.69, 9.17) is 14.3 Å². The van der Waals surface area contributed by atoms with Crippen LogP contribution in [-0.4, -0.2) is 52.7 Å². The minimum absolute atomic E-state index is 0.00168. The molecule has 1 aromatic carbocycles. The molecule has 1 N–H and O–H groups in total. The molecule has 0 spiro atoms. The van der Waals surface area contributed by atoms with Gasteiger partial charge in [-0.2, -0.15) is 0 Å². The Bertz CT molecular complexity index is 682. The van der Waals surface area contributed by atoms with Crippen LogP contribution in [0.3, 0.4) is 0 Å². The van der Waals surface area contributed by atoms with Crippen LogP contribution in [0.1, 0.15) is 10.5 Å². The first-order valence-electron chi connectivity index (χ1n) is 6.80. The molecule has 0 bridgehead atoms. The molecule has 3 rings (SSSR count). The molecule has 0 aliphatic carbocycles. The second kappa shape index (κ2) is 5.98. The summed E-state index contributed by atoms with van der Waals surface area (Å²) in [6.45, 7) is 0.518. The molecule has 1 aromatic heterocycles. The first-order chi connectivity index (χ1) is 10.6. The third kappa shape index (κ3) is 2.84. The van der Waals surface area contributed by atoms with Gasteiger partial charge in [0.05, 0.1) is 13.2 Å². The molecule has 7 nitrogen and oxygen atoms in total. The van der Waals surface area contributed by atoms with E-state index in [0.29, 0.717) is 12.4 Å². The number of carbonyl (C=O) groups is 2. The highest BCUT2D eigenvalue weighted by atomic mass is 16.5. The Morgan fingerprint density at radius 2 is 2.05 bits per heavy atom. The van der Waals surface area contributed by atoms with Crippen LogP contribution < -0.4 is 0 Å². The number of benzene rings is 1. The maximum atomic E-state index is 12.4. The Morgan fingerprint density at radius 1 is 1.27 bits per heavy atom. The van der Waals surface area contributed by atoms with Crippen molar-refractivity contribution in [1.29, 1.82) is 0 Å². The third-order valence-electron chi connectivity index (χ3n) is 3.37. The van der Waals surface area contributed by atoms with Gasteiger partial charge in [-0.05, 0) is 12.1 Å². The number of nitrogens with zero attached hydrogens (tertiary/aromatic N) is 2. The van der Waals surface area contributed by atoms with Gasteiger partial charge >= 0.3 is 5.97 Å².